The average molecular weight is 285 g/mol. The Balaban J connectivity index is 1.75. The summed E-state index contributed by atoms with van der Waals surface area (Å²) in [5.41, 5.74) is 2.67. The molecule has 0 radical (unpaired) electrons. The molecule has 0 atom stereocenters. The summed E-state index contributed by atoms with van der Waals surface area (Å²) in [7, 11) is 0. The fraction of sp³-hybridized carbons (Fsp3) is 0.286. The standard InChI is InChI=1S/C14H15N5O2/c15-18-12(14(20)21)6-16-5-11-8-19-7-10(9-1-2-9)3-4-13(19)17-11/h3-4,6-9H,1-2,5,15H2,(H,20,21). The molecule has 7 nitrogen and oxygen atoms in total. The zero-order valence-corrected chi connectivity index (χ0v) is 11.3. The molecule has 0 aliphatic heterocycles. The minimum absolute atomic E-state index is 0.283. The van der Waals surface area contributed by atoms with Gasteiger partial charge in [0.25, 0.3) is 0 Å². The van der Waals surface area contributed by atoms with Crippen molar-refractivity contribution in [2.75, 3.05) is 0 Å². The first-order valence-corrected chi connectivity index (χ1v) is 6.66. The Morgan fingerprint density at radius 3 is 2.95 bits per heavy atom. The van der Waals surface area contributed by atoms with E-state index in [9.17, 15) is 4.79 Å². The molecule has 1 aliphatic carbocycles. The lowest BCUT2D eigenvalue weighted by atomic mass is 10.2. The number of fused-ring (bicyclic) bond motifs is 1. The normalized spacial score (nSPS) is 15.9. The average Bonchev–Trinajstić information content (AvgIpc) is 3.23. The van der Waals surface area contributed by atoms with Gasteiger partial charge in [-0.3, -0.25) is 4.99 Å². The smallest absolute Gasteiger partial charge is 0.357 e. The molecule has 2 aromatic heterocycles. The van der Waals surface area contributed by atoms with Crippen LogP contribution in [0.2, 0.25) is 0 Å². The Bertz CT molecular complexity index is 743. The van der Waals surface area contributed by atoms with E-state index < -0.39 is 5.97 Å². The van der Waals surface area contributed by atoms with E-state index in [0.717, 1.165) is 17.6 Å². The largest absolute Gasteiger partial charge is 0.476 e. The third kappa shape index (κ3) is 2.91. The van der Waals surface area contributed by atoms with Gasteiger partial charge in [-0.1, -0.05) is 6.07 Å². The van der Waals surface area contributed by atoms with Gasteiger partial charge in [0.05, 0.1) is 18.5 Å². The summed E-state index contributed by atoms with van der Waals surface area (Å²) in [5, 5.41) is 11.9. The minimum atomic E-state index is -1.20. The summed E-state index contributed by atoms with van der Waals surface area (Å²) in [4.78, 5) is 19.1. The number of hydrazone groups is 1. The van der Waals surface area contributed by atoms with Crippen molar-refractivity contribution < 1.29 is 9.90 Å². The van der Waals surface area contributed by atoms with Gasteiger partial charge in [0.1, 0.15) is 5.65 Å². The van der Waals surface area contributed by atoms with Gasteiger partial charge in [-0.25, -0.2) is 9.78 Å². The molecule has 0 spiro atoms. The van der Waals surface area contributed by atoms with Crippen molar-refractivity contribution in [3.63, 3.8) is 0 Å². The molecule has 0 bridgehead atoms. The third-order valence-electron chi connectivity index (χ3n) is 3.40. The van der Waals surface area contributed by atoms with Crippen LogP contribution in [0.15, 0.2) is 34.6 Å². The molecule has 1 aliphatic rings. The lowest BCUT2D eigenvalue weighted by Crippen LogP contribution is -2.16. The topological polar surface area (TPSA) is 105 Å². The summed E-state index contributed by atoms with van der Waals surface area (Å²) >= 11 is 0. The van der Waals surface area contributed by atoms with Crippen LogP contribution in [0.5, 0.6) is 0 Å². The second-order valence-corrected chi connectivity index (χ2v) is 5.02. The predicted molar refractivity (Wildman–Crippen MR) is 78.6 cm³/mol. The zero-order chi connectivity index (χ0) is 14.8. The van der Waals surface area contributed by atoms with Crippen molar-refractivity contribution in [1.29, 1.82) is 0 Å². The van der Waals surface area contributed by atoms with Crippen LogP contribution in [0.3, 0.4) is 0 Å². The van der Waals surface area contributed by atoms with Crippen LogP contribution < -0.4 is 5.84 Å². The van der Waals surface area contributed by atoms with Gasteiger partial charge in [0.2, 0.25) is 0 Å². The number of hydrogen-bond acceptors (Lipinski definition) is 5. The van der Waals surface area contributed by atoms with Crippen molar-refractivity contribution in [3.05, 3.63) is 35.8 Å². The van der Waals surface area contributed by atoms with Crippen LogP contribution in [0.25, 0.3) is 5.65 Å². The number of aliphatic carboxylic acids is 1. The van der Waals surface area contributed by atoms with Crippen LogP contribution >= 0.6 is 0 Å². The molecule has 1 saturated carbocycles. The van der Waals surface area contributed by atoms with Gasteiger partial charge >= 0.3 is 5.97 Å². The molecule has 3 N–H and O–H groups in total. The Kier molecular flexibility index (Phi) is 3.39. The second kappa shape index (κ2) is 5.35. The zero-order valence-electron chi connectivity index (χ0n) is 11.3. The van der Waals surface area contributed by atoms with Crippen LogP contribution in [-0.2, 0) is 11.3 Å². The van der Waals surface area contributed by atoms with Crippen LogP contribution in [-0.4, -0.2) is 32.4 Å². The summed E-state index contributed by atoms with van der Waals surface area (Å²) in [6.07, 6.45) is 7.65. The molecule has 2 heterocycles. The quantitative estimate of drug-likeness (QED) is 0.489. The first-order valence-electron chi connectivity index (χ1n) is 6.66. The van der Waals surface area contributed by atoms with Crippen molar-refractivity contribution in [2.24, 2.45) is 15.9 Å². The van der Waals surface area contributed by atoms with Gasteiger partial charge in [-0.2, -0.15) is 5.10 Å². The highest BCUT2D eigenvalue weighted by molar-refractivity contribution is 6.58. The molecule has 0 saturated heterocycles. The van der Waals surface area contributed by atoms with E-state index in [2.05, 4.69) is 27.3 Å². The molecule has 0 amide bonds. The molecule has 1 fully saturated rings. The van der Waals surface area contributed by atoms with E-state index in [1.165, 1.54) is 18.4 Å². The number of imidazole rings is 1. The second-order valence-electron chi connectivity index (χ2n) is 5.02. The van der Waals surface area contributed by atoms with Crippen molar-refractivity contribution in [3.8, 4) is 0 Å². The number of hydrogen-bond donors (Lipinski definition) is 2. The summed E-state index contributed by atoms with van der Waals surface area (Å²) in [5.74, 6) is 4.45. The molecule has 0 aromatic carbocycles. The first kappa shape index (κ1) is 13.3. The number of rotatable bonds is 5. The van der Waals surface area contributed by atoms with Crippen molar-refractivity contribution in [2.45, 2.75) is 25.3 Å². The maximum absolute atomic E-state index is 10.7. The Labute approximate surface area is 120 Å². The Hall–Kier alpha value is -2.70. The number of pyridine rings is 1. The lowest BCUT2D eigenvalue weighted by molar-refractivity contribution is -0.129. The minimum Gasteiger partial charge on any atom is -0.476 e. The highest BCUT2D eigenvalue weighted by Gasteiger charge is 2.23. The number of nitrogens with two attached hydrogens (primary N) is 1. The molecule has 2 aromatic rings. The number of aliphatic imine (C=N–C) groups is 1. The lowest BCUT2D eigenvalue weighted by Gasteiger charge is -1.98. The Morgan fingerprint density at radius 2 is 2.29 bits per heavy atom. The van der Waals surface area contributed by atoms with Gasteiger partial charge in [-0.15, -0.1) is 0 Å². The van der Waals surface area contributed by atoms with Crippen LogP contribution in [0, 0.1) is 0 Å². The molecule has 21 heavy (non-hydrogen) atoms. The van der Waals surface area contributed by atoms with Crippen LogP contribution in [0.4, 0.5) is 0 Å². The first-order chi connectivity index (χ1) is 10.2. The van der Waals surface area contributed by atoms with Gasteiger partial charge in [0, 0.05) is 12.4 Å². The summed E-state index contributed by atoms with van der Waals surface area (Å²) in [6.45, 7) is 0.284. The molecule has 0 unspecified atom stereocenters. The maximum Gasteiger partial charge on any atom is 0.357 e. The van der Waals surface area contributed by atoms with E-state index in [1.54, 1.807) is 0 Å². The molecular weight excluding hydrogens is 270 g/mol. The highest BCUT2D eigenvalue weighted by Crippen LogP contribution is 2.39. The fourth-order valence-corrected chi connectivity index (χ4v) is 2.17. The Morgan fingerprint density at radius 1 is 1.48 bits per heavy atom. The number of carboxylic acid groups (broad SMARTS) is 1. The molecular formula is C14H15N5O2. The fourth-order valence-electron chi connectivity index (χ4n) is 2.17. The number of aromatic nitrogens is 2. The summed E-state index contributed by atoms with van der Waals surface area (Å²) in [6, 6.07) is 4.10. The van der Waals surface area contributed by atoms with Gasteiger partial charge in [0.15, 0.2) is 5.71 Å². The van der Waals surface area contributed by atoms with Crippen molar-refractivity contribution in [1.82, 2.24) is 9.38 Å². The van der Waals surface area contributed by atoms with E-state index in [0.29, 0.717) is 5.92 Å². The number of nitrogens with zero attached hydrogens (tertiary/aromatic N) is 4. The molecule has 7 heteroatoms. The number of carboxylic acids is 1. The van der Waals surface area contributed by atoms with E-state index in [4.69, 9.17) is 10.9 Å². The van der Waals surface area contributed by atoms with Crippen LogP contribution in [0.1, 0.15) is 30.0 Å². The third-order valence-corrected chi connectivity index (χ3v) is 3.40. The van der Waals surface area contributed by atoms with Gasteiger partial charge in [-0.05, 0) is 30.4 Å². The monoisotopic (exact) mass is 285 g/mol. The number of carbonyl (C=O) groups is 1. The maximum atomic E-state index is 10.7. The summed E-state index contributed by atoms with van der Waals surface area (Å²) < 4.78 is 1.98. The van der Waals surface area contributed by atoms with E-state index >= 15 is 0 Å². The van der Waals surface area contributed by atoms with E-state index in [1.807, 2.05) is 16.7 Å². The molecule has 108 valence electrons. The molecule has 3 rings (SSSR count). The van der Waals surface area contributed by atoms with Gasteiger partial charge < -0.3 is 15.3 Å². The van der Waals surface area contributed by atoms with Crippen molar-refractivity contribution >= 4 is 23.5 Å². The SMILES string of the molecule is NN=C(C=NCc1cn2cc(C3CC3)ccc2n1)C(=O)O. The van der Waals surface area contributed by atoms with E-state index in [-0.39, 0.29) is 12.3 Å². The highest BCUT2D eigenvalue weighted by atomic mass is 16.4. The predicted octanol–water partition coefficient (Wildman–Crippen LogP) is 1.18.